The molecule has 2 nitrogen and oxygen atoms in total. The maximum Gasteiger partial charge on any atom is 0.121 e. The molecule has 0 heterocycles. The van der Waals surface area contributed by atoms with Gasteiger partial charge in [0.15, 0.2) is 0 Å². The zero-order valence-corrected chi connectivity index (χ0v) is 11.7. The van der Waals surface area contributed by atoms with Crippen molar-refractivity contribution in [2.24, 2.45) is 0 Å². The second-order valence-electron chi connectivity index (χ2n) is 5.37. The number of ether oxygens (including phenoxy) is 1. The monoisotopic (exact) mass is 247 g/mol. The number of methoxy groups -OCH3 is 1. The van der Waals surface area contributed by atoms with Crippen LogP contribution in [0.1, 0.15) is 50.5 Å². The molecule has 2 heteroatoms. The lowest BCUT2D eigenvalue weighted by Gasteiger charge is -2.22. The van der Waals surface area contributed by atoms with E-state index in [-0.39, 0.29) is 0 Å². The fourth-order valence-electron chi connectivity index (χ4n) is 2.80. The summed E-state index contributed by atoms with van der Waals surface area (Å²) in [5.74, 6) is 0.971. The zero-order chi connectivity index (χ0) is 12.8. The first kappa shape index (κ1) is 13.3. The summed E-state index contributed by atoms with van der Waals surface area (Å²) < 4.78 is 5.30. The van der Waals surface area contributed by atoms with Gasteiger partial charge in [-0.2, -0.15) is 0 Å². The van der Waals surface area contributed by atoms with Gasteiger partial charge < -0.3 is 10.1 Å². The summed E-state index contributed by atoms with van der Waals surface area (Å²) in [6, 6.07) is 7.03. The highest BCUT2D eigenvalue weighted by Crippen LogP contribution is 2.24. The smallest absolute Gasteiger partial charge is 0.121 e. The van der Waals surface area contributed by atoms with E-state index >= 15 is 0 Å². The van der Waals surface area contributed by atoms with E-state index in [2.05, 4.69) is 30.4 Å². The lowest BCUT2D eigenvalue weighted by Crippen LogP contribution is -2.20. The maximum absolute atomic E-state index is 5.30. The van der Waals surface area contributed by atoms with Crippen molar-refractivity contribution in [3.05, 3.63) is 23.8 Å². The van der Waals surface area contributed by atoms with Gasteiger partial charge in [0.1, 0.15) is 5.75 Å². The molecule has 1 aliphatic rings. The second-order valence-corrected chi connectivity index (χ2v) is 5.37. The van der Waals surface area contributed by atoms with Crippen molar-refractivity contribution < 1.29 is 4.74 Å². The number of aryl methyl sites for hydroxylation is 1. The summed E-state index contributed by atoms with van der Waals surface area (Å²) in [5, 5.41) is 3.69. The van der Waals surface area contributed by atoms with Gasteiger partial charge in [0.05, 0.1) is 7.11 Å². The number of nitrogens with one attached hydrogen (secondary N) is 1. The minimum absolute atomic E-state index is 0.651. The maximum atomic E-state index is 5.30. The van der Waals surface area contributed by atoms with E-state index in [1.807, 2.05) is 0 Å². The fourth-order valence-corrected chi connectivity index (χ4v) is 2.80. The molecule has 100 valence electrons. The van der Waals surface area contributed by atoms with Gasteiger partial charge >= 0.3 is 0 Å². The van der Waals surface area contributed by atoms with Gasteiger partial charge in [-0.1, -0.05) is 32.1 Å². The molecule has 2 rings (SSSR count). The summed E-state index contributed by atoms with van der Waals surface area (Å²) >= 11 is 0. The van der Waals surface area contributed by atoms with Crippen molar-refractivity contribution in [2.45, 2.75) is 57.9 Å². The Labute approximate surface area is 111 Å². The number of benzene rings is 1. The van der Waals surface area contributed by atoms with Crippen LogP contribution in [0.25, 0.3) is 0 Å². The Kier molecular flexibility index (Phi) is 4.91. The molecular formula is C16H25NO. The van der Waals surface area contributed by atoms with Crippen molar-refractivity contribution in [3.8, 4) is 5.75 Å². The summed E-state index contributed by atoms with van der Waals surface area (Å²) in [6.07, 6.45) is 9.59. The molecule has 1 aromatic carbocycles. The summed E-state index contributed by atoms with van der Waals surface area (Å²) in [4.78, 5) is 0. The molecular weight excluding hydrogens is 222 g/mol. The topological polar surface area (TPSA) is 21.3 Å². The first-order valence-electron chi connectivity index (χ1n) is 7.21. The molecule has 1 aromatic rings. The molecule has 0 bridgehead atoms. The van der Waals surface area contributed by atoms with Crippen LogP contribution in [0.2, 0.25) is 0 Å². The quantitative estimate of drug-likeness (QED) is 0.847. The molecule has 1 saturated carbocycles. The Morgan fingerprint density at radius 3 is 2.33 bits per heavy atom. The van der Waals surface area contributed by atoms with Crippen LogP contribution in [-0.4, -0.2) is 13.2 Å². The molecule has 0 atom stereocenters. The van der Waals surface area contributed by atoms with E-state index in [0.717, 1.165) is 5.75 Å². The van der Waals surface area contributed by atoms with Crippen LogP contribution in [0.3, 0.4) is 0 Å². The van der Waals surface area contributed by atoms with Crippen LogP contribution in [-0.2, 0) is 0 Å². The van der Waals surface area contributed by atoms with E-state index in [0.29, 0.717) is 6.04 Å². The van der Waals surface area contributed by atoms with Crippen LogP contribution in [0, 0.1) is 6.92 Å². The third-order valence-corrected chi connectivity index (χ3v) is 3.87. The average molecular weight is 247 g/mol. The lowest BCUT2D eigenvalue weighted by atomic mass is 9.96. The van der Waals surface area contributed by atoms with Crippen molar-refractivity contribution in [3.63, 3.8) is 0 Å². The van der Waals surface area contributed by atoms with E-state index < -0.39 is 0 Å². The molecule has 1 aliphatic carbocycles. The van der Waals surface area contributed by atoms with Crippen molar-refractivity contribution in [2.75, 3.05) is 12.4 Å². The average Bonchev–Trinajstić information content (AvgIpc) is 2.33. The predicted molar refractivity (Wildman–Crippen MR) is 77.5 cm³/mol. The molecule has 0 spiro atoms. The Hall–Kier alpha value is -1.18. The first-order valence-corrected chi connectivity index (χ1v) is 7.21. The SMILES string of the molecule is COc1ccc(NC2CCCCCCC2)cc1C. The lowest BCUT2D eigenvalue weighted by molar-refractivity contribution is 0.411. The number of hydrogen-bond donors (Lipinski definition) is 1. The van der Waals surface area contributed by atoms with Crippen molar-refractivity contribution >= 4 is 5.69 Å². The molecule has 0 amide bonds. The Morgan fingerprint density at radius 1 is 1.06 bits per heavy atom. The predicted octanol–water partition coefficient (Wildman–Crippen LogP) is 4.53. The van der Waals surface area contributed by atoms with E-state index in [1.54, 1.807) is 7.11 Å². The van der Waals surface area contributed by atoms with Gasteiger partial charge in [-0.3, -0.25) is 0 Å². The highest BCUT2D eigenvalue weighted by molar-refractivity contribution is 5.51. The second kappa shape index (κ2) is 6.67. The molecule has 1 fully saturated rings. The van der Waals surface area contributed by atoms with Gasteiger partial charge in [-0.05, 0) is 43.5 Å². The summed E-state index contributed by atoms with van der Waals surface area (Å²) in [7, 11) is 1.73. The third-order valence-electron chi connectivity index (χ3n) is 3.87. The number of anilines is 1. The van der Waals surface area contributed by atoms with Gasteiger partial charge in [0.25, 0.3) is 0 Å². The molecule has 1 N–H and O–H groups in total. The van der Waals surface area contributed by atoms with Crippen LogP contribution >= 0.6 is 0 Å². The zero-order valence-electron chi connectivity index (χ0n) is 11.7. The first-order chi connectivity index (χ1) is 8.79. The highest BCUT2D eigenvalue weighted by Gasteiger charge is 2.11. The van der Waals surface area contributed by atoms with Crippen molar-refractivity contribution in [1.82, 2.24) is 0 Å². The Bertz CT molecular complexity index is 367. The van der Waals surface area contributed by atoms with Crippen LogP contribution in [0.4, 0.5) is 5.69 Å². The molecule has 0 aliphatic heterocycles. The minimum atomic E-state index is 0.651. The van der Waals surface area contributed by atoms with Gasteiger partial charge in [-0.15, -0.1) is 0 Å². The van der Waals surface area contributed by atoms with E-state index in [1.165, 1.54) is 56.2 Å². The highest BCUT2D eigenvalue weighted by atomic mass is 16.5. The van der Waals surface area contributed by atoms with E-state index in [9.17, 15) is 0 Å². The van der Waals surface area contributed by atoms with Crippen LogP contribution < -0.4 is 10.1 Å². The summed E-state index contributed by atoms with van der Waals surface area (Å²) in [6.45, 7) is 2.10. The third kappa shape index (κ3) is 3.66. The van der Waals surface area contributed by atoms with Crippen LogP contribution in [0.15, 0.2) is 18.2 Å². The van der Waals surface area contributed by atoms with Gasteiger partial charge in [0, 0.05) is 11.7 Å². The summed E-state index contributed by atoms with van der Waals surface area (Å²) in [5.41, 5.74) is 2.44. The molecule has 0 aromatic heterocycles. The van der Waals surface area contributed by atoms with Crippen molar-refractivity contribution in [1.29, 1.82) is 0 Å². The van der Waals surface area contributed by atoms with Gasteiger partial charge in [-0.25, -0.2) is 0 Å². The largest absolute Gasteiger partial charge is 0.496 e. The molecule has 0 saturated heterocycles. The minimum Gasteiger partial charge on any atom is -0.496 e. The van der Waals surface area contributed by atoms with Crippen LogP contribution in [0.5, 0.6) is 5.75 Å². The number of hydrogen-bond acceptors (Lipinski definition) is 2. The van der Waals surface area contributed by atoms with E-state index in [4.69, 9.17) is 4.74 Å². The molecule has 0 unspecified atom stereocenters. The normalized spacial score (nSPS) is 17.9. The standard InChI is InChI=1S/C16H25NO/c1-13-12-15(10-11-16(13)18-2)17-14-8-6-4-3-5-7-9-14/h10-12,14,17H,3-9H2,1-2H3. The van der Waals surface area contributed by atoms with Gasteiger partial charge in [0.2, 0.25) is 0 Å². The Morgan fingerprint density at radius 2 is 1.72 bits per heavy atom. The molecule has 0 radical (unpaired) electrons. The number of rotatable bonds is 3. The fraction of sp³-hybridized carbons (Fsp3) is 0.625. The Balaban J connectivity index is 1.96. The molecule has 18 heavy (non-hydrogen) atoms.